The molecule has 0 aliphatic heterocycles. The number of rotatable bonds is 18. The Morgan fingerprint density at radius 3 is 1.40 bits per heavy atom. The predicted octanol–water partition coefficient (Wildman–Crippen LogP) is 7.06. The molecule has 4 aromatic rings. The third kappa shape index (κ3) is 9.35. The number of ether oxygens (including phenoxy) is 4. The second-order valence-corrected chi connectivity index (χ2v) is 10.1. The lowest BCUT2D eigenvalue weighted by molar-refractivity contribution is -0.201. The van der Waals surface area contributed by atoms with E-state index < -0.39 is 23.9 Å². The zero-order valence-corrected chi connectivity index (χ0v) is 24.0. The van der Waals surface area contributed by atoms with Crippen LogP contribution in [0.5, 0.6) is 0 Å². The van der Waals surface area contributed by atoms with Gasteiger partial charge in [0.1, 0.15) is 23.9 Å². The zero-order valence-electron chi connectivity index (χ0n) is 24.0. The van der Waals surface area contributed by atoms with Crippen molar-refractivity contribution in [1.82, 2.24) is 0 Å². The SMILES string of the molecule is C=C[C@H](OCc1ccccc1)[C@@H](OCc1ccccc1)[C@@H](OCc1ccccc1)[C@@](O)(C=C)COCc1ccccc1. The first-order valence-electron chi connectivity index (χ1n) is 14.2. The Kier molecular flexibility index (Phi) is 12.3. The van der Waals surface area contributed by atoms with Gasteiger partial charge in [0, 0.05) is 0 Å². The van der Waals surface area contributed by atoms with Crippen molar-refractivity contribution in [2.75, 3.05) is 6.61 Å². The lowest BCUT2D eigenvalue weighted by atomic mass is 9.90. The highest BCUT2D eigenvalue weighted by Crippen LogP contribution is 2.28. The summed E-state index contributed by atoms with van der Waals surface area (Å²) in [7, 11) is 0. The smallest absolute Gasteiger partial charge is 0.134 e. The number of aliphatic hydroxyl groups is 1. The standard InChI is InChI=1S/C37H40O5/c1-3-34(40-26-31-19-11-6-12-20-31)35(41-27-32-21-13-7-14-22-32)36(42-28-33-23-15-8-16-24-33)37(38,4-2)29-39-25-30-17-9-5-10-18-30/h3-24,34-36,38H,1-2,25-29H2/t34-,35+,36+,37+/m0/s1. The highest BCUT2D eigenvalue weighted by Gasteiger charge is 2.44. The summed E-state index contributed by atoms with van der Waals surface area (Å²) in [5.74, 6) is 0. The second-order valence-electron chi connectivity index (χ2n) is 10.1. The van der Waals surface area contributed by atoms with Gasteiger partial charge in [0.05, 0.1) is 33.0 Å². The molecule has 5 heteroatoms. The van der Waals surface area contributed by atoms with Gasteiger partial charge in [-0.2, -0.15) is 0 Å². The summed E-state index contributed by atoms with van der Waals surface area (Å²) >= 11 is 0. The zero-order chi connectivity index (χ0) is 29.5. The Bertz CT molecular complexity index is 1310. The van der Waals surface area contributed by atoms with Crippen molar-refractivity contribution in [1.29, 1.82) is 0 Å². The van der Waals surface area contributed by atoms with E-state index in [9.17, 15) is 5.11 Å². The third-order valence-corrected chi connectivity index (χ3v) is 6.99. The summed E-state index contributed by atoms with van der Waals surface area (Å²) in [5.41, 5.74) is 2.34. The highest BCUT2D eigenvalue weighted by molar-refractivity contribution is 5.18. The van der Waals surface area contributed by atoms with Crippen LogP contribution < -0.4 is 0 Å². The van der Waals surface area contributed by atoms with E-state index in [2.05, 4.69) is 13.2 Å². The lowest BCUT2D eigenvalue weighted by Gasteiger charge is -2.40. The van der Waals surface area contributed by atoms with Crippen LogP contribution in [-0.2, 0) is 45.4 Å². The molecule has 0 spiro atoms. The van der Waals surface area contributed by atoms with E-state index in [0.29, 0.717) is 13.2 Å². The minimum absolute atomic E-state index is 0.0569. The Labute approximate surface area is 249 Å². The van der Waals surface area contributed by atoms with Crippen LogP contribution in [0.15, 0.2) is 147 Å². The molecule has 0 aromatic heterocycles. The van der Waals surface area contributed by atoms with Crippen LogP contribution in [0.3, 0.4) is 0 Å². The Hall–Kier alpha value is -3.84. The molecule has 218 valence electrons. The molecule has 0 heterocycles. The van der Waals surface area contributed by atoms with E-state index in [0.717, 1.165) is 22.3 Å². The molecule has 4 atom stereocenters. The van der Waals surface area contributed by atoms with Crippen molar-refractivity contribution in [2.45, 2.75) is 50.3 Å². The molecule has 4 rings (SSSR count). The number of hydrogen-bond acceptors (Lipinski definition) is 5. The molecule has 0 unspecified atom stereocenters. The van der Waals surface area contributed by atoms with Crippen LogP contribution >= 0.6 is 0 Å². The first kappa shape index (κ1) is 31.1. The molecule has 0 amide bonds. The summed E-state index contributed by atoms with van der Waals surface area (Å²) < 4.78 is 25.5. The average Bonchev–Trinajstić information content (AvgIpc) is 3.05. The second kappa shape index (κ2) is 16.6. The molecule has 42 heavy (non-hydrogen) atoms. The van der Waals surface area contributed by atoms with E-state index in [-0.39, 0.29) is 19.8 Å². The van der Waals surface area contributed by atoms with Crippen LogP contribution in [0, 0.1) is 0 Å². The molecule has 0 aliphatic carbocycles. The molecule has 0 saturated heterocycles. The van der Waals surface area contributed by atoms with Crippen molar-refractivity contribution < 1.29 is 24.1 Å². The largest absolute Gasteiger partial charge is 0.381 e. The van der Waals surface area contributed by atoms with Gasteiger partial charge in [0.25, 0.3) is 0 Å². The lowest BCUT2D eigenvalue weighted by Crippen LogP contribution is -2.56. The van der Waals surface area contributed by atoms with Crippen molar-refractivity contribution in [3.05, 3.63) is 169 Å². The molecule has 0 aliphatic rings. The molecule has 0 radical (unpaired) electrons. The maximum atomic E-state index is 12.1. The Balaban J connectivity index is 1.62. The first-order chi connectivity index (χ1) is 20.6. The molecule has 5 nitrogen and oxygen atoms in total. The molecule has 0 saturated carbocycles. The van der Waals surface area contributed by atoms with Gasteiger partial charge >= 0.3 is 0 Å². The van der Waals surface area contributed by atoms with Crippen LogP contribution in [0.1, 0.15) is 22.3 Å². The van der Waals surface area contributed by atoms with Crippen molar-refractivity contribution in [2.24, 2.45) is 0 Å². The van der Waals surface area contributed by atoms with Crippen molar-refractivity contribution in [3.63, 3.8) is 0 Å². The van der Waals surface area contributed by atoms with Gasteiger partial charge in [0.15, 0.2) is 0 Å². The number of hydrogen-bond donors (Lipinski definition) is 1. The fraction of sp³-hybridized carbons (Fsp3) is 0.243. The van der Waals surface area contributed by atoms with E-state index in [1.54, 1.807) is 6.08 Å². The summed E-state index contributed by atoms with van der Waals surface area (Å²) in [4.78, 5) is 0. The van der Waals surface area contributed by atoms with Gasteiger partial charge in [-0.3, -0.25) is 0 Å². The Morgan fingerprint density at radius 1 is 0.571 bits per heavy atom. The molecule has 1 N–H and O–H groups in total. The number of benzene rings is 4. The average molecular weight is 565 g/mol. The highest BCUT2D eigenvalue weighted by atomic mass is 16.6. The molecule has 0 bridgehead atoms. The summed E-state index contributed by atoms with van der Waals surface area (Å²) in [6.45, 7) is 9.18. The normalized spacial score (nSPS) is 14.8. The predicted molar refractivity (Wildman–Crippen MR) is 166 cm³/mol. The van der Waals surface area contributed by atoms with Gasteiger partial charge in [-0.25, -0.2) is 0 Å². The molecular formula is C37H40O5. The Morgan fingerprint density at radius 2 is 0.976 bits per heavy atom. The van der Waals surface area contributed by atoms with Gasteiger partial charge in [-0.15, -0.1) is 13.2 Å². The van der Waals surface area contributed by atoms with Crippen LogP contribution in [0.2, 0.25) is 0 Å². The maximum Gasteiger partial charge on any atom is 0.134 e. The van der Waals surface area contributed by atoms with Gasteiger partial charge in [0.2, 0.25) is 0 Å². The van der Waals surface area contributed by atoms with Crippen molar-refractivity contribution >= 4 is 0 Å². The third-order valence-electron chi connectivity index (χ3n) is 6.99. The fourth-order valence-corrected chi connectivity index (χ4v) is 4.63. The van der Waals surface area contributed by atoms with Crippen molar-refractivity contribution in [3.8, 4) is 0 Å². The van der Waals surface area contributed by atoms with Crippen LogP contribution in [0.4, 0.5) is 0 Å². The summed E-state index contributed by atoms with van der Waals surface area (Å²) in [5, 5.41) is 12.1. The minimum atomic E-state index is -1.61. The van der Waals surface area contributed by atoms with E-state index in [4.69, 9.17) is 18.9 Å². The monoisotopic (exact) mass is 564 g/mol. The molecular weight excluding hydrogens is 524 g/mol. The van der Waals surface area contributed by atoms with Gasteiger partial charge in [-0.05, 0) is 22.3 Å². The first-order valence-corrected chi connectivity index (χ1v) is 14.2. The summed E-state index contributed by atoms with van der Waals surface area (Å²) in [6.07, 6.45) is 0.901. The fourth-order valence-electron chi connectivity index (χ4n) is 4.63. The quantitative estimate of drug-likeness (QED) is 0.131. The summed E-state index contributed by atoms with van der Waals surface area (Å²) in [6, 6.07) is 39.4. The topological polar surface area (TPSA) is 57.2 Å². The van der Waals surface area contributed by atoms with Gasteiger partial charge < -0.3 is 24.1 Å². The molecule has 0 fully saturated rings. The van der Waals surface area contributed by atoms with Crippen LogP contribution in [-0.4, -0.2) is 35.6 Å². The van der Waals surface area contributed by atoms with Crippen LogP contribution in [0.25, 0.3) is 0 Å². The van der Waals surface area contributed by atoms with E-state index in [1.165, 1.54) is 6.08 Å². The van der Waals surface area contributed by atoms with E-state index in [1.807, 2.05) is 121 Å². The van der Waals surface area contributed by atoms with E-state index >= 15 is 0 Å². The minimum Gasteiger partial charge on any atom is -0.381 e. The van der Waals surface area contributed by atoms with Gasteiger partial charge in [-0.1, -0.05) is 133 Å². The maximum absolute atomic E-state index is 12.1. The molecule has 4 aromatic carbocycles.